The molecule has 0 aliphatic heterocycles. The molecule has 0 bridgehead atoms. The number of carbonyl (C=O) groups excluding carboxylic acids is 1. The zero-order chi connectivity index (χ0) is 14.3. The van der Waals surface area contributed by atoms with Crippen molar-refractivity contribution in [1.82, 2.24) is 9.97 Å². The monoisotopic (exact) mass is 282 g/mol. The lowest BCUT2D eigenvalue weighted by Crippen LogP contribution is -2.13. The van der Waals surface area contributed by atoms with Crippen molar-refractivity contribution in [2.24, 2.45) is 0 Å². The fourth-order valence-electron chi connectivity index (χ4n) is 1.15. The van der Waals surface area contributed by atoms with Gasteiger partial charge in [-0.15, -0.1) is 0 Å². The van der Waals surface area contributed by atoms with Crippen LogP contribution in [0, 0.1) is 0 Å². The number of hydrogen-bond donors (Lipinski definition) is 0. The molecule has 0 spiro atoms. The van der Waals surface area contributed by atoms with E-state index in [0.29, 0.717) is 24.8 Å². The summed E-state index contributed by atoms with van der Waals surface area (Å²) in [5.41, 5.74) is 0.401. The lowest BCUT2D eigenvalue weighted by Gasteiger charge is -2.11. The Labute approximate surface area is 117 Å². The summed E-state index contributed by atoms with van der Waals surface area (Å²) in [4.78, 5) is 19.5. The molecule has 104 valence electrons. The summed E-state index contributed by atoms with van der Waals surface area (Å²) in [5, 5.41) is 0.880. The van der Waals surface area contributed by atoms with Gasteiger partial charge in [-0.1, -0.05) is 18.3 Å². The van der Waals surface area contributed by atoms with E-state index < -0.39 is 0 Å². The number of nitrogens with zero attached hydrogens (tertiary/aromatic N) is 2. The van der Waals surface area contributed by atoms with Crippen molar-refractivity contribution in [3.05, 3.63) is 24.4 Å². The predicted molar refractivity (Wildman–Crippen MR) is 74.3 cm³/mol. The average molecular weight is 282 g/mol. The van der Waals surface area contributed by atoms with Crippen LogP contribution in [0.1, 0.15) is 20.8 Å². The van der Waals surface area contributed by atoms with Gasteiger partial charge in [0.15, 0.2) is 0 Å². The van der Waals surface area contributed by atoms with Gasteiger partial charge in [0, 0.05) is 17.0 Å². The molecule has 1 aromatic heterocycles. The second-order valence-corrected chi connectivity index (χ2v) is 5.38. The topological polar surface area (TPSA) is 61.3 Å². The van der Waals surface area contributed by atoms with Crippen molar-refractivity contribution in [3.63, 3.8) is 0 Å². The first-order chi connectivity index (χ1) is 9.02. The van der Waals surface area contributed by atoms with Gasteiger partial charge in [0.1, 0.15) is 11.6 Å². The summed E-state index contributed by atoms with van der Waals surface area (Å²) >= 11 is 1.50. The van der Waals surface area contributed by atoms with E-state index in [2.05, 4.69) is 16.5 Å². The number of hydrogen-bond acceptors (Lipinski definition) is 6. The summed E-state index contributed by atoms with van der Waals surface area (Å²) in [5.74, 6) is -0.370. The van der Waals surface area contributed by atoms with Gasteiger partial charge in [-0.05, 0) is 26.8 Å². The maximum Gasteiger partial charge on any atom is 0.333 e. The second-order valence-electron chi connectivity index (χ2n) is 3.92. The van der Waals surface area contributed by atoms with Crippen LogP contribution in [0.15, 0.2) is 29.4 Å². The van der Waals surface area contributed by atoms with Gasteiger partial charge in [-0.2, -0.15) is 4.98 Å². The third-order valence-electron chi connectivity index (χ3n) is 2.00. The zero-order valence-electron chi connectivity index (χ0n) is 11.4. The van der Waals surface area contributed by atoms with Crippen LogP contribution >= 0.6 is 11.8 Å². The van der Waals surface area contributed by atoms with Crippen LogP contribution in [-0.2, 0) is 9.53 Å². The lowest BCUT2D eigenvalue weighted by molar-refractivity contribution is -0.138. The van der Waals surface area contributed by atoms with E-state index >= 15 is 0 Å². The van der Waals surface area contributed by atoms with Crippen molar-refractivity contribution >= 4 is 17.7 Å². The van der Waals surface area contributed by atoms with Gasteiger partial charge >= 0.3 is 12.0 Å². The first kappa shape index (κ1) is 15.5. The minimum atomic E-state index is -0.370. The summed E-state index contributed by atoms with van der Waals surface area (Å²) in [6.45, 7) is 9.83. The molecule has 6 heteroatoms. The number of aromatic nitrogens is 2. The molecule has 0 N–H and O–H groups in total. The van der Waals surface area contributed by atoms with Crippen LogP contribution in [0.25, 0.3) is 0 Å². The van der Waals surface area contributed by atoms with Crippen LogP contribution in [-0.4, -0.2) is 34.4 Å². The maximum atomic E-state index is 11.3. The second kappa shape index (κ2) is 7.78. The standard InChI is InChI=1S/C13H18N2O3S/c1-5-17-13-14-7-6-11(15-13)19-10(4)8-18-12(16)9(2)3/h6-7,10H,2,5,8H2,1,3-4H3. The van der Waals surface area contributed by atoms with Crippen LogP contribution in [0.5, 0.6) is 6.01 Å². The fourth-order valence-corrected chi connectivity index (χ4v) is 1.96. The Bertz CT molecular complexity index is 451. The highest BCUT2D eigenvalue weighted by Crippen LogP contribution is 2.22. The van der Waals surface area contributed by atoms with Gasteiger partial charge in [-0.3, -0.25) is 0 Å². The zero-order valence-corrected chi connectivity index (χ0v) is 12.2. The number of thioether (sulfide) groups is 1. The molecular weight excluding hydrogens is 264 g/mol. The predicted octanol–water partition coefficient (Wildman–Crippen LogP) is 2.48. The van der Waals surface area contributed by atoms with E-state index in [1.807, 2.05) is 13.8 Å². The van der Waals surface area contributed by atoms with Gasteiger partial charge in [0.25, 0.3) is 0 Å². The first-order valence-corrected chi connectivity index (χ1v) is 6.86. The van der Waals surface area contributed by atoms with Gasteiger partial charge in [0.2, 0.25) is 0 Å². The average Bonchev–Trinajstić information content (AvgIpc) is 2.36. The maximum absolute atomic E-state index is 11.3. The summed E-state index contributed by atoms with van der Waals surface area (Å²) in [6, 6.07) is 2.16. The normalized spacial score (nSPS) is 11.7. The Morgan fingerprint density at radius 1 is 1.58 bits per heavy atom. The van der Waals surface area contributed by atoms with E-state index in [1.165, 1.54) is 11.8 Å². The summed E-state index contributed by atoms with van der Waals surface area (Å²) < 4.78 is 10.3. The Balaban J connectivity index is 2.47. The van der Waals surface area contributed by atoms with E-state index in [1.54, 1.807) is 19.2 Å². The Morgan fingerprint density at radius 3 is 2.95 bits per heavy atom. The lowest BCUT2D eigenvalue weighted by atomic mass is 10.4. The molecule has 1 aromatic rings. The first-order valence-electron chi connectivity index (χ1n) is 5.98. The van der Waals surface area contributed by atoms with E-state index in [4.69, 9.17) is 9.47 Å². The molecule has 0 amide bonds. The number of carbonyl (C=O) groups is 1. The number of rotatable bonds is 7. The summed E-state index contributed by atoms with van der Waals surface area (Å²) in [7, 11) is 0. The van der Waals surface area contributed by atoms with Crippen LogP contribution < -0.4 is 4.74 Å². The molecular formula is C13H18N2O3S. The minimum Gasteiger partial charge on any atom is -0.464 e. The van der Waals surface area contributed by atoms with Crippen molar-refractivity contribution in [1.29, 1.82) is 0 Å². The number of ether oxygens (including phenoxy) is 2. The molecule has 0 aromatic carbocycles. The molecule has 0 aliphatic carbocycles. The third kappa shape index (κ3) is 5.74. The molecule has 5 nitrogen and oxygen atoms in total. The van der Waals surface area contributed by atoms with Crippen molar-refractivity contribution in [3.8, 4) is 6.01 Å². The van der Waals surface area contributed by atoms with E-state index in [0.717, 1.165) is 5.03 Å². The fraction of sp³-hybridized carbons (Fsp3) is 0.462. The molecule has 0 radical (unpaired) electrons. The molecule has 0 saturated carbocycles. The van der Waals surface area contributed by atoms with Gasteiger partial charge in [-0.25, -0.2) is 9.78 Å². The Hall–Kier alpha value is -1.56. The van der Waals surface area contributed by atoms with Crippen molar-refractivity contribution in [2.45, 2.75) is 31.0 Å². The van der Waals surface area contributed by atoms with Crippen LogP contribution in [0.4, 0.5) is 0 Å². The number of esters is 1. The quantitative estimate of drug-likeness (QED) is 0.331. The molecule has 0 aliphatic rings. The molecule has 1 heterocycles. The highest BCUT2D eigenvalue weighted by atomic mass is 32.2. The van der Waals surface area contributed by atoms with Crippen molar-refractivity contribution < 1.29 is 14.3 Å². The minimum absolute atomic E-state index is 0.0904. The molecule has 0 fully saturated rings. The molecule has 1 atom stereocenters. The molecule has 0 saturated heterocycles. The molecule has 1 rings (SSSR count). The van der Waals surface area contributed by atoms with E-state index in [9.17, 15) is 4.79 Å². The van der Waals surface area contributed by atoms with Crippen LogP contribution in [0.3, 0.4) is 0 Å². The third-order valence-corrected chi connectivity index (χ3v) is 3.01. The highest BCUT2D eigenvalue weighted by Gasteiger charge is 2.10. The SMILES string of the molecule is C=C(C)C(=O)OCC(C)Sc1ccnc(OCC)n1. The Kier molecular flexibility index (Phi) is 6.35. The summed E-state index contributed by atoms with van der Waals surface area (Å²) in [6.07, 6.45) is 1.65. The van der Waals surface area contributed by atoms with Crippen LogP contribution in [0.2, 0.25) is 0 Å². The van der Waals surface area contributed by atoms with Gasteiger partial charge in [0.05, 0.1) is 6.61 Å². The smallest absolute Gasteiger partial charge is 0.333 e. The van der Waals surface area contributed by atoms with Crippen molar-refractivity contribution in [2.75, 3.05) is 13.2 Å². The van der Waals surface area contributed by atoms with E-state index in [-0.39, 0.29) is 11.2 Å². The largest absolute Gasteiger partial charge is 0.464 e. The molecule has 1 unspecified atom stereocenters. The molecule has 19 heavy (non-hydrogen) atoms. The Morgan fingerprint density at radius 2 is 2.32 bits per heavy atom. The van der Waals surface area contributed by atoms with Gasteiger partial charge < -0.3 is 9.47 Å². The highest BCUT2D eigenvalue weighted by molar-refractivity contribution is 7.99.